The summed E-state index contributed by atoms with van der Waals surface area (Å²) < 4.78 is 18.4. The number of esters is 1. The van der Waals surface area contributed by atoms with Crippen LogP contribution in [-0.2, 0) is 10.3 Å². The predicted octanol–water partition coefficient (Wildman–Crippen LogP) is 6.90. The summed E-state index contributed by atoms with van der Waals surface area (Å²) in [5, 5.41) is 2.01. The number of thiophene rings is 2. The standard InChI is InChI=1S/C27H23NO4S2/c1-4-28(5-2)16-10-11-19-21(14-16)31-22-15-23(24-20(30-3)12-13-33-24)34-25(22)27(19)18-9-7-6-8-17(18)26(29)32-27/h6-15H,4-5H2,1-3H3. The van der Waals surface area contributed by atoms with Crippen LogP contribution in [0.4, 0.5) is 5.69 Å². The molecule has 0 bridgehead atoms. The molecule has 1 spiro atoms. The third kappa shape index (κ3) is 2.87. The summed E-state index contributed by atoms with van der Waals surface area (Å²) in [6, 6.07) is 17.9. The quantitative estimate of drug-likeness (QED) is 0.285. The fourth-order valence-electron chi connectivity index (χ4n) is 4.94. The van der Waals surface area contributed by atoms with E-state index in [-0.39, 0.29) is 5.97 Å². The van der Waals surface area contributed by atoms with Crippen molar-refractivity contribution in [2.45, 2.75) is 19.4 Å². The molecule has 34 heavy (non-hydrogen) atoms. The van der Waals surface area contributed by atoms with Crippen LogP contribution in [0, 0.1) is 0 Å². The number of nitrogens with zero attached hydrogens (tertiary/aromatic N) is 1. The second-order valence-corrected chi connectivity index (χ2v) is 10.2. The maximum absolute atomic E-state index is 13.1. The van der Waals surface area contributed by atoms with Gasteiger partial charge in [0, 0.05) is 42.0 Å². The average Bonchev–Trinajstić information content (AvgIpc) is 3.57. The molecule has 0 radical (unpaired) electrons. The molecular weight excluding hydrogens is 466 g/mol. The second-order valence-electron chi connectivity index (χ2n) is 8.19. The smallest absolute Gasteiger partial charge is 0.340 e. The Hall–Kier alpha value is -3.29. The summed E-state index contributed by atoms with van der Waals surface area (Å²) >= 11 is 3.20. The van der Waals surface area contributed by atoms with Crippen LogP contribution in [0.1, 0.15) is 40.2 Å². The lowest BCUT2D eigenvalue weighted by Gasteiger charge is -2.35. The Balaban J connectivity index is 1.61. The molecule has 0 aliphatic carbocycles. The molecule has 172 valence electrons. The molecule has 0 amide bonds. The van der Waals surface area contributed by atoms with Gasteiger partial charge < -0.3 is 19.1 Å². The van der Waals surface area contributed by atoms with Crippen molar-refractivity contribution in [3.63, 3.8) is 0 Å². The Kier molecular flexibility index (Phi) is 4.93. The first-order chi connectivity index (χ1) is 16.6. The highest BCUT2D eigenvalue weighted by Crippen LogP contribution is 2.60. The van der Waals surface area contributed by atoms with Crippen molar-refractivity contribution in [2.75, 3.05) is 25.1 Å². The van der Waals surface area contributed by atoms with Crippen molar-refractivity contribution >= 4 is 34.3 Å². The summed E-state index contributed by atoms with van der Waals surface area (Å²) in [7, 11) is 1.68. The lowest BCUT2D eigenvalue weighted by Crippen LogP contribution is -2.32. The molecule has 1 unspecified atom stereocenters. The predicted molar refractivity (Wildman–Crippen MR) is 136 cm³/mol. The van der Waals surface area contributed by atoms with Crippen LogP contribution in [-0.4, -0.2) is 26.2 Å². The van der Waals surface area contributed by atoms with Crippen molar-refractivity contribution in [3.05, 3.63) is 81.5 Å². The summed E-state index contributed by atoms with van der Waals surface area (Å²) in [5.74, 6) is 1.93. The van der Waals surface area contributed by atoms with Gasteiger partial charge in [0.1, 0.15) is 22.1 Å². The first-order valence-corrected chi connectivity index (χ1v) is 13.0. The summed E-state index contributed by atoms with van der Waals surface area (Å²) in [6.45, 7) is 6.06. The Morgan fingerprint density at radius 1 is 1.00 bits per heavy atom. The van der Waals surface area contributed by atoms with E-state index in [0.717, 1.165) is 50.3 Å². The molecule has 4 heterocycles. The molecule has 2 aromatic heterocycles. The molecule has 2 aliphatic heterocycles. The first-order valence-electron chi connectivity index (χ1n) is 11.3. The van der Waals surface area contributed by atoms with Crippen molar-refractivity contribution in [2.24, 2.45) is 0 Å². The number of ether oxygens (including phenoxy) is 3. The number of rotatable bonds is 5. The van der Waals surface area contributed by atoms with Crippen LogP contribution >= 0.6 is 22.7 Å². The van der Waals surface area contributed by atoms with Gasteiger partial charge in [-0.15, -0.1) is 22.7 Å². The highest BCUT2D eigenvalue weighted by Gasteiger charge is 2.54. The molecule has 4 aromatic rings. The highest BCUT2D eigenvalue weighted by molar-refractivity contribution is 7.22. The number of fused-ring (bicyclic) bond motifs is 6. The average molecular weight is 490 g/mol. The van der Waals surface area contributed by atoms with Crippen LogP contribution in [0.2, 0.25) is 0 Å². The minimum absolute atomic E-state index is 0.314. The third-order valence-corrected chi connectivity index (χ3v) is 8.85. The van der Waals surface area contributed by atoms with Crippen molar-refractivity contribution in [3.8, 4) is 27.0 Å². The Morgan fingerprint density at radius 2 is 1.82 bits per heavy atom. The van der Waals surface area contributed by atoms with Gasteiger partial charge in [-0.05, 0) is 43.5 Å². The SMILES string of the molecule is CCN(CC)c1ccc2c(c1)Oc1cc(-c3sccc3OC)sc1C21OC(=O)c2ccccc21. The third-order valence-electron chi connectivity index (χ3n) is 6.56. The Morgan fingerprint density at radius 3 is 2.62 bits per heavy atom. The fraction of sp³-hybridized carbons (Fsp3) is 0.222. The minimum Gasteiger partial charge on any atom is -0.495 e. The minimum atomic E-state index is -1.04. The van der Waals surface area contributed by atoms with Gasteiger partial charge in [0.2, 0.25) is 5.60 Å². The number of benzene rings is 2. The fourth-order valence-corrected chi connectivity index (χ4v) is 7.17. The Labute approximate surface area is 206 Å². The van der Waals surface area contributed by atoms with Crippen LogP contribution in [0.15, 0.2) is 60.0 Å². The van der Waals surface area contributed by atoms with E-state index in [1.165, 1.54) is 0 Å². The molecule has 0 saturated heterocycles. The van der Waals surface area contributed by atoms with E-state index in [1.54, 1.807) is 29.8 Å². The molecule has 1 atom stereocenters. The second kappa shape index (κ2) is 7.89. The molecule has 5 nitrogen and oxygen atoms in total. The van der Waals surface area contributed by atoms with Gasteiger partial charge in [-0.3, -0.25) is 0 Å². The maximum atomic E-state index is 13.1. The first kappa shape index (κ1) is 21.3. The van der Waals surface area contributed by atoms with E-state index in [0.29, 0.717) is 17.1 Å². The van der Waals surface area contributed by atoms with Gasteiger partial charge in [0.15, 0.2) is 0 Å². The van der Waals surface area contributed by atoms with Crippen LogP contribution in [0.25, 0.3) is 9.75 Å². The molecule has 2 aromatic carbocycles. The molecule has 7 heteroatoms. The molecule has 0 saturated carbocycles. The summed E-state index contributed by atoms with van der Waals surface area (Å²) in [5.41, 5.74) is 2.34. The normalized spacial score (nSPS) is 17.6. The zero-order chi connectivity index (χ0) is 23.4. The van der Waals surface area contributed by atoms with Crippen molar-refractivity contribution < 1.29 is 19.0 Å². The van der Waals surface area contributed by atoms with Gasteiger partial charge in [-0.25, -0.2) is 4.79 Å². The molecule has 6 rings (SSSR count). The summed E-state index contributed by atoms with van der Waals surface area (Å²) in [6.07, 6.45) is 0. The van der Waals surface area contributed by atoms with E-state index in [2.05, 4.69) is 30.9 Å². The van der Waals surface area contributed by atoms with Crippen LogP contribution < -0.4 is 14.4 Å². The summed E-state index contributed by atoms with van der Waals surface area (Å²) in [4.78, 5) is 18.3. The molecule has 0 N–H and O–H groups in total. The van der Waals surface area contributed by atoms with E-state index in [9.17, 15) is 4.79 Å². The van der Waals surface area contributed by atoms with Crippen molar-refractivity contribution in [1.82, 2.24) is 0 Å². The number of carbonyl (C=O) groups excluding carboxylic acids is 1. The van der Waals surface area contributed by atoms with Gasteiger partial charge in [-0.2, -0.15) is 0 Å². The zero-order valence-electron chi connectivity index (χ0n) is 19.1. The van der Waals surface area contributed by atoms with E-state index in [4.69, 9.17) is 14.2 Å². The van der Waals surface area contributed by atoms with E-state index in [1.807, 2.05) is 47.8 Å². The number of anilines is 1. The van der Waals surface area contributed by atoms with Crippen LogP contribution in [0.5, 0.6) is 17.2 Å². The number of carbonyl (C=O) groups is 1. The number of hydrogen-bond donors (Lipinski definition) is 0. The van der Waals surface area contributed by atoms with E-state index >= 15 is 0 Å². The molecule has 2 aliphatic rings. The highest BCUT2D eigenvalue weighted by atomic mass is 32.1. The van der Waals surface area contributed by atoms with Gasteiger partial charge >= 0.3 is 5.97 Å². The molecule has 0 fully saturated rings. The largest absolute Gasteiger partial charge is 0.495 e. The van der Waals surface area contributed by atoms with Gasteiger partial charge in [0.25, 0.3) is 0 Å². The monoisotopic (exact) mass is 489 g/mol. The maximum Gasteiger partial charge on any atom is 0.340 e. The van der Waals surface area contributed by atoms with Crippen LogP contribution in [0.3, 0.4) is 0 Å². The lowest BCUT2D eigenvalue weighted by molar-refractivity contribution is 0.0237. The zero-order valence-corrected chi connectivity index (χ0v) is 20.7. The van der Waals surface area contributed by atoms with Crippen molar-refractivity contribution in [1.29, 1.82) is 0 Å². The van der Waals surface area contributed by atoms with E-state index < -0.39 is 5.60 Å². The topological polar surface area (TPSA) is 48.0 Å². The van der Waals surface area contributed by atoms with Gasteiger partial charge in [0.05, 0.1) is 22.4 Å². The lowest BCUT2D eigenvalue weighted by atomic mass is 9.82. The molecular formula is C27H23NO4S2. The van der Waals surface area contributed by atoms with Gasteiger partial charge in [-0.1, -0.05) is 18.2 Å². The Bertz CT molecular complexity index is 1420. The number of methoxy groups -OCH3 is 1. The number of hydrogen-bond acceptors (Lipinski definition) is 7.